The minimum atomic E-state index is 0.251. The number of rotatable bonds is 2. The Bertz CT molecular complexity index is 560. The molecule has 0 spiro atoms. The van der Waals surface area contributed by atoms with Gasteiger partial charge in [0.2, 0.25) is 0 Å². The van der Waals surface area contributed by atoms with Gasteiger partial charge in [0.15, 0.2) is 0 Å². The number of nitrogens with two attached hydrogens (primary N) is 1. The minimum Gasteiger partial charge on any atom is -0.508 e. The lowest BCUT2D eigenvalue weighted by Gasteiger charge is -2.07. The second-order valence-corrected chi connectivity index (χ2v) is 4.36. The van der Waals surface area contributed by atoms with Crippen LogP contribution in [0.2, 0.25) is 0 Å². The summed E-state index contributed by atoms with van der Waals surface area (Å²) in [6.07, 6.45) is 3.28. The van der Waals surface area contributed by atoms with Gasteiger partial charge in [-0.15, -0.1) is 0 Å². The molecule has 1 aliphatic rings. The smallest absolute Gasteiger partial charge is 0.117 e. The van der Waals surface area contributed by atoms with E-state index in [4.69, 9.17) is 5.73 Å². The lowest BCUT2D eigenvalue weighted by Crippen LogP contribution is -2.08. The number of phenolic OH excluding ortho intramolecular Hbond substituents is 1. The molecule has 1 aliphatic carbocycles. The summed E-state index contributed by atoms with van der Waals surface area (Å²) < 4.78 is 1.86. The zero-order valence-electron chi connectivity index (χ0n) is 9.56. The SMILES string of the molecule is NCc1c2c(nn1-c1cccc(O)c1)CCC2. The summed E-state index contributed by atoms with van der Waals surface area (Å²) in [7, 11) is 0. The number of hydrogen-bond acceptors (Lipinski definition) is 3. The number of aromatic hydroxyl groups is 1. The van der Waals surface area contributed by atoms with Crippen molar-refractivity contribution in [1.82, 2.24) is 9.78 Å². The average Bonchev–Trinajstić information content (AvgIpc) is 2.88. The van der Waals surface area contributed by atoms with E-state index < -0.39 is 0 Å². The standard InChI is InChI=1S/C13H15N3O/c14-8-13-11-5-2-6-12(11)15-16(13)9-3-1-4-10(17)7-9/h1,3-4,7,17H,2,5-6,8,14H2. The van der Waals surface area contributed by atoms with E-state index in [1.54, 1.807) is 12.1 Å². The lowest BCUT2D eigenvalue weighted by molar-refractivity contribution is 0.474. The molecule has 0 atom stereocenters. The quantitative estimate of drug-likeness (QED) is 0.820. The zero-order valence-corrected chi connectivity index (χ0v) is 9.56. The predicted molar refractivity (Wildman–Crippen MR) is 65.1 cm³/mol. The van der Waals surface area contributed by atoms with E-state index in [1.807, 2.05) is 16.8 Å². The Balaban J connectivity index is 2.15. The van der Waals surface area contributed by atoms with Gasteiger partial charge in [-0.1, -0.05) is 6.07 Å². The molecule has 0 amide bonds. The molecule has 0 aliphatic heterocycles. The monoisotopic (exact) mass is 229 g/mol. The van der Waals surface area contributed by atoms with E-state index in [-0.39, 0.29) is 5.75 Å². The van der Waals surface area contributed by atoms with Gasteiger partial charge in [0.1, 0.15) is 5.75 Å². The van der Waals surface area contributed by atoms with Gasteiger partial charge >= 0.3 is 0 Å². The Hall–Kier alpha value is -1.81. The van der Waals surface area contributed by atoms with E-state index in [9.17, 15) is 5.11 Å². The van der Waals surface area contributed by atoms with Crippen LogP contribution in [0.25, 0.3) is 5.69 Å². The molecule has 1 aromatic heterocycles. The van der Waals surface area contributed by atoms with Crippen molar-refractivity contribution < 1.29 is 5.11 Å². The topological polar surface area (TPSA) is 64.1 Å². The van der Waals surface area contributed by atoms with Gasteiger partial charge in [-0.3, -0.25) is 0 Å². The number of fused-ring (bicyclic) bond motifs is 1. The van der Waals surface area contributed by atoms with Gasteiger partial charge in [0.05, 0.1) is 17.1 Å². The Labute approximate surface area is 99.7 Å². The van der Waals surface area contributed by atoms with Crippen LogP contribution in [0.3, 0.4) is 0 Å². The maximum Gasteiger partial charge on any atom is 0.117 e. The molecule has 1 aromatic carbocycles. The molecule has 3 N–H and O–H groups in total. The zero-order chi connectivity index (χ0) is 11.8. The maximum atomic E-state index is 9.51. The van der Waals surface area contributed by atoms with Crippen molar-refractivity contribution in [3.63, 3.8) is 0 Å². The largest absolute Gasteiger partial charge is 0.508 e. The van der Waals surface area contributed by atoms with E-state index in [2.05, 4.69) is 5.10 Å². The van der Waals surface area contributed by atoms with Crippen LogP contribution < -0.4 is 5.73 Å². The highest BCUT2D eigenvalue weighted by atomic mass is 16.3. The van der Waals surface area contributed by atoms with Gasteiger partial charge in [0.25, 0.3) is 0 Å². The molecule has 0 fully saturated rings. The number of hydrogen-bond donors (Lipinski definition) is 2. The van der Waals surface area contributed by atoms with Gasteiger partial charge in [-0.25, -0.2) is 4.68 Å². The molecule has 88 valence electrons. The fraction of sp³-hybridized carbons (Fsp3) is 0.308. The summed E-state index contributed by atoms with van der Waals surface area (Å²) in [5.41, 5.74) is 10.2. The fourth-order valence-electron chi connectivity index (χ4n) is 2.51. The van der Waals surface area contributed by atoms with Gasteiger partial charge in [-0.05, 0) is 37.0 Å². The maximum absolute atomic E-state index is 9.51. The number of phenols is 1. The van der Waals surface area contributed by atoms with Crippen molar-refractivity contribution in [2.45, 2.75) is 25.8 Å². The molecule has 0 bridgehead atoms. The van der Waals surface area contributed by atoms with Crippen molar-refractivity contribution in [2.75, 3.05) is 0 Å². The third-order valence-corrected chi connectivity index (χ3v) is 3.28. The molecule has 0 unspecified atom stereocenters. The first-order chi connectivity index (χ1) is 8.29. The molecule has 0 saturated carbocycles. The Kier molecular flexibility index (Phi) is 2.37. The Morgan fingerprint density at radius 2 is 2.24 bits per heavy atom. The van der Waals surface area contributed by atoms with Crippen molar-refractivity contribution in [3.05, 3.63) is 41.2 Å². The van der Waals surface area contributed by atoms with Gasteiger partial charge < -0.3 is 10.8 Å². The first-order valence-corrected chi connectivity index (χ1v) is 5.88. The van der Waals surface area contributed by atoms with E-state index >= 15 is 0 Å². The van der Waals surface area contributed by atoms with Crippen LogP contribution in [0.4, 0.5) is 0 Å². The van der Waals surface area contributed by atoms with Crippen LogP contribution in [-0.4, -0.2) is 14.9 Å². The summed E-state index contributed by atoms with van der Waals surface area (Å²) in [6.45, 7) is 0.484. The summed E-state index contributed by atoms with van der Waals surface area (Å²) in [5, 5.41) is 14.1. The van der Waals surface area contributed by atoms with Crippen LogP contribution in [-0.2, 0) is 19.4 Å². The number of benzene rings is 1. The fourth-order valence-corrected chi connectivity index (χ4v) is 2.51. The molecule has 0 saturated heterocycles. The van der Waals surface area contributed by atoms with Crippen molar-refractivity contribution >= 4 is 0 Å². The highest BCUT2D eigenvalue weighted by Crippen LogP contribution is 2.27. The Morgan fingerprint density at radius 1 is 1.35 bits per heavy atom. The number of nitrogens with zero attached hydrogens (tertiary/aromatic N) is 2. The molecule has 4 nitrogen and oxygen atoms in total. The van der Waals surface area contributed by atoms with Crippen molar-refractivity contribution in [2.24, 2.45) is 5.73 Å². The van der Waals surface area contributed by atoms with Crippen LogP contribution in [0.15, 0.2) is 24.3 Å². The molecule has 2 aromatic rings. The molecule has 4 heteroatoms. The van der Waals surface area contributed by atoms with Gasteiger partial charge in [0, 0.05) is 12.6 Å². The molecular formula is C13H15N3O. The third kappa shape index (κ3) is 1.61. The van der Waals surface area contributed by atoms with E-state index in [0.717, 1.165) is 29.9 Å². The van der Waals surface area contributed by atoms with Crippen LogP contribution in [0.5, 0.6) is 5.75 Å². The number of aryl methyl sites for hydroxylation is 1. The van der Waals surface area contributed by atoms with E-state index in [1.165, 1.54) is 12.0 Å². The van der Waals surface area contributed by atoms with Crippen molar-refractivity contribution in [1.29, 1.82) is 0 Å². The average molecular weight is 229 g/mol. The highest BCUT2D eigenvalue weighted by Gasteiger charge is 2.21. The molecular weight excluding hydrogens is 214 g/mol. The summed E-state index contributed by atoms with van der Waals surface area (Å²) in [6, 6.07) is 7.11. The molecule has 0 radical (unpaired) electrons. The van der Waals surface area contributed by atoms with Crippen LogP contribution >= 0.6 is 0 Å². The minimum absolute atomic E-state index is 0.251. The Morgan fingerprint density at radius 3 is 3.00 bits per heavy atom. The summed E-state index contributed by atoms with van der Waals surface area (Å²) in [4.78, 5) is 0. The normalized spacial score (nSPS) is 13.9. The first kappa shape index (κ1) is 10.4. The number of aromatic nitrogens is 2. The van der Waals surface area contributed by atoms with Crippen molar-refractivity contribution in [3.8, 4) is 11.4 Å². The van der Waals surface area contributed by atoms with Gasteiger partial charge in [-0.2, -0.15) is 5.10 Å². The van der Waals surface area contributed by atoms with E-state index in [0.29, 0.717) is 6.54 Å². The van der Waals surface area contributed by atoms with Crippen LogP contribution in [0.1, 0.15) is 23.4 Å². The molecule has 3 rings (SSSR count). The van der Waals surface area contributed by atoms with Crippen LogP contribution in [0, 0.1) is 0 Å². The molecule has 1 heterocycles. The third-order valence-electron chi connectivity index (χ3n) is 3.28. The first-order valence-electron chi connectivity index (χ1n) is 5.88. The molecule has 17 heavy (non-hydrogen) atoms. The highest BCUT2D eigenvalue weighted by molar-refractivity contribution is 5.42. The summed E-state index contributed by atoms with van der Waals surface area (Å²) in [5.74, 6) is 0.251. The summed E-state index contributed by atoms with van der Waals surface area (Å²) >= 11 is 0. The second kappa shape index (κ2) is 3.89. The predicted octanol–water partition coefficient (Wildman–Crippen LogP) is 1.53. The second-order valence-electron chi connectivity index (χ2n) is 4.36. The lowest BCUT2D eigenvalue weighted by atomic mass is 10.2.